The van der Waals surface area contributed by atoms with Gasteiger partial charge in [0.25, 0.3) is 0 Å². The van der Waals surface area contributed by atoms with E-state index < -0.39 is 12.2 Å². The Labute approximate surface area is 104 Å². The predicted molar refractivity (Wildman–Crippen MR) is 64.4 cm³/mol. The van der Waals surface area contributed by atoms with Crippen molar-refractivity contribution >= 4 is 17.4 Å². The molecule has 4 nitrogen and oxygen atoms in total. The summed E-state index contributed by atoms with van der Waals surface area (Å²) in [6, 6.07) is 4.20. The lowest BCUT2D eigenvalue weighted by Gasteiger charge is -2.17. The van der Waals surface area contributed by atoms with Gasteiger partial charge in [-0.25, -0.2) is 0 Å². The summed E-state index contributed by atoms with van der Waals surface area (Å²) in [6.07, 6.45) is -1.87. The van der Waals surface area contributed by atoms with E-state index in [4.69, 9.17) is 11.6 Å². The number of carbonyl (C=O) groups is 1. The van der Waals surface area contributed by atoms with Crippen molar-refractivity contribution in [1.29, 1.82) is 0 Å². The second kappa shape index (κ2) is 6.00. The molecule has 3 N–H and O–H groups in total. The molecule has 17 heavy (non-hydrogen) atoms. The first-order valence-corrected chi connectivity index (χ1v) is 5.76. The highest BCUT2D eigenvalue weighted by Crippen LogP contribution is 2.26. The molecule has 5 heteroatoms. The summed E-state index contributed by atoms with van der Waals surface area (Å²) in [4.78, 5) is 11.1. The van der Waals surface area contributed by atoms with Crippen LogP contribution in [0.4, 0.5) is 0 Å². The summed E-state index contributed by atoms with van der Waals surface area (Å²) in [5, 5.41) is 28.9. The molecule has 0 amide bonds. The van der Waals surface area contributed by atoms with Gasteiger partial charge < -0.3 is 15.3 Å². The Balaban J connectivity index is 2.93. The highest BCUT2D eigenvalue weighted by molar-refractivity contribution is 6.17. The Morgan fingerprint density at radius 1 is 1.41 bits per heavy atom. The van der Waals surface area contributed by atoms with Crippen molar-refractivity contribution in [2.75, 3.05) is 5.88 Å². The third-order valence-electron chi connectivity index (χ3n) is 2.51. The minimum absolute atomic E-state index is 0.188. The van der Waals surface area contributed by atoms with E-state index in [1.807, 2.05) is 0 Å². The van der Waals surface area contributed by atoms with Crippen molar-refractivity contribution in [1.82, 2.24) is 0 Å². The fourth-order valence-electron chi connectivity index (χ4n) is 1.52. The minimum Gasteiger partial charge on any atom is -0.507 e. The summed E-state index contributed by atoms with van der Waals surface area (Å²) in [6.45, 7) is 1.34. The fourth-order valence-corrected chi connectivity index (χ4v) is 1.75. The monoisotopic (exact) mass is 258 g/mol. The number of carbonyl (C=O) groups excluding carboxylic acids is 1. The van der Waals surface area contributed by atoms with E-state index in [0.717, 1.165) is 0 Å². The smallest absolute Gasteiger partial charge is 0.163 e. The lowest BCUT2D eigenvalue weighted by molar-refractivity contribution is 0.0169. The van der Waals surface area contributed by atoms with E-state index in [1.165, 1.54) is 25.1 Å². The molecule has 0 aromatic heterocycles. The Bertz CT molecular complexity index is 405. The van der Waals surface area contributed by atoms with Gasteiger partial charge in [-0.1, -0.05) is 6.07 Å². The molecule has 0 aliphatic rings. The zero-order valence-electron chi connectivity index (χ0n) is 9.43. The minimum atomic E-state index is -1.12. The quantitative estimate of drug-likeness (QED) is 0.554. The molecule has 0 bridgehead atoms. The highest BCUT2D eigenvalue weighted by atomic mass is 35.5. The summed E-state index contributed by atoms with van der Waals surface area (Å²) in [7, 11) is 0. The lowest BCUT2D eigenvalue weighted by Crippen LogP contribution is -2.18. The number of alkyl halides is 1. The molecule has 1 rings (SSSR count). The van der Waals surface area contributed by atoms with Crippen molar-refractivity contribution in [2.24, 2.45) is 0 Å². The van der Waals surface area contributed by atoms with Gasteiger partial charge in [0.05, 0.1) is 11.7 Å². The number of phenolic OH excluding ortho intramolecular Hbond substituents is 1. The molecule has 1 aromatic carbocycles. The molecule has 2 atom stereocenters. The van der Waals surface area contributed by atoms with E-state index >= 15 is 0 Å². The molecule has 0 aliphatic carbocycles. The topological polar surface area (TPSA) is 77.8 Å². The maximum Gasteiger partial charge on any atom is 0.163 e. The van der Waals surface area contributed by atoms with Gasteiger partial charge in [0.1, 0.15) is 11.9 Å². The van der Waals surface area contributed by atoms with Crippen LogP contribution in [0.15, 0.2) is 18.2 Å². The zero-order valence-corrected chi connectivity index (χ0v) is 10.2. The largest absolute Gasteiger partial charge is 0.507 e. The van der Waals surface area contributed by atoms with Crippen LogP contribution in [0, 0.1) is 0 Å². The SMILES string of the molecule is CC(=O)c1ccc(C(O)C(O)CCCl)cc1O. The Morgan fingerprint density at radius 3 is 2.53 bits per heavy atom. The maximum absolute atomic E-state index is 11.1. The molecule has 0 saturated carbocycles. The molecule has 94 valence electrons. The van der Waals surface area contributed by atoms with E-state index in [0.29, 0.717) is 5.56 Å². The van der Waals surface area contributed by atoms with Crippen LogP contribution in [0.25, 0.3) is 0 Å². The molecule has 0 heterocycles. The number of aliphatic hydroxyl groups excluding tert-OH is 2. The Kier molecular flexibility index (Phi) is 4.93. The number of benzene rings is 1. The van der Waals surface area contributed by atoms with E-state index in [-0.39, 0.29) is 29.4 Å². The number of Topliss-reactive ketones (excluding diaryl/α,β-unsaturated/α-hetero) is 1. The lowest BCUT2D eigenvalue weighted by atomic mass is 9.99. The normalized spacial score (nSPS) is 14.4. The molecule has 0 saturated heterocycles. The van der Waals surface area contributed by atoms with Crippen molar-refractivity contribution in [3.63, 3.8) is 0 Å². The third-order valence-corrected chi connectivity index (χ3v) is 2.73. The van der Waals surface area contributed by atoms with Crippen LogP contribution >= 0.6 is 11.6 Å². The van der Waals surface area contributed by atoms with Crippen LogP contribution in [-0.4, -0.2) is 33.1 Å². The standard InChI is InChI=1S/C12H15ClO4/c1-7(14)9-3-2-8(6-11(9)16)12(17)10(15)4-5-13/h2-3,6,10,12,15-17H,4-5H2,1H3. The first-order chi connectivity index (χ1) is 7.97. The highest BCUT2D eigenvalue weighted by Gasteiger charge is 2.19. The number of hydrogen-bond donors (Lipinski definition) is 3. The van der Waals surface area contributed by atoms with E-state index in [1.54, 1.807) is 0 Å². The second-order valence-electron chi connectivity index (χ2n) is 3.82. The van der Waals surface area contributed by atoms with Crippen molar-refractivity contribution in [3.05, 3.63) is 29.3 Å². The molecular weight excluding hydrogens is 244 g/mol. The fraction of sp³-hybridized carbons (Fsp3) is 0.417. The molecule has 0 aliphatic heterocycles. The van der Waals surface area contributed by atoms with Gasteiger partial charge in [-0.3, -0.25) is 4.79 Å². The molecule has 1 aromatic rings. The van der Waals surface area contributed by atoms with Crippen molar-refractivity contribution < 1.29 is 20.1 Å². The molecule has 2 unspecified atom stereocenters. The van der Waals surface area contributed by atoms with Crippen LogP contribution < -0.4 is 0 Å². The predicted octanol–water partition coefficient (Wildman–Crippen LogP) is 1.62. The first-order valence-electron chi connectivity index (χ1n) is 5.23. The number of hydrogen-bond acceptors (Lipinski definition) is 4. The number of aromatic hydroxyl groups is 1. The molecule has 0 spiro atoms. The van der Waals surface area contributed by atoms with Gasteiger partial charge in [-0.2, -0.15) is 0 Å². The van der Waals surface area contributed by atoms with Gasteiger partial charge >= 0.3 is 0 Å². The second-order valence-corrected chi connectivity index (χ2v) is 4.20. The summed E-state index contributed by atoms with van der Waals surface area (Å²) >= 11 is 5.46. The average Bonchev–Trinajstić information content (AvgIpc) is 2.27. The Hall–Kier alpha value is -1.10. The van der Waals surface area contributed by atoms with Crippen molar-refractivity contribution in [2.45, 2.75) is 25.6 Å². The summed E-state index contributed by atoms with van der Waals surface area (Å²) < 4.78 is 0. The molecular formula is C12H15ClO4. The van der Waals surface area contributed by atoms with E-state index in [9.17, 15) is 20.1 Å². The molecule has 0 radical (unpaired) electrons. The van der Waals surface area contributed by atoms with Gasteiger partial charge in [-0.05, 0) is 31.0 Å². The average molecular weight is 259 g/mol. The number of halogens is 1. The number of aliphatic hydroxyl groups is 2. The van der Waals surface area contributed by atoms with Crippen LogP contribution in [-0.2, 0) is 0 Å². The first kappa shape index (κ1) is 14.0. The van der Waals surface area contributed by atoms with Gasteiger partial charge in [0.2, 0.25) is 0 Å². The number of ketones is 1. The van der Waals surface area contributed by atoms with E-state index in [2.05, 4.69) is 0 Å². The number of phenols is 1. The summed E-state index contributed by atoms with van der Waals surface area (Å²) in [5.74, 6) is -0.229. The van der Waals surface area contributed by atoms with Gasteiger partial charge in [0, 0.05) is 5.88 Å². The third kappa shape index (κ3) is 3.43. The number of rotatable bonds is 5. The van der Waals surface area contributed by atoms with Gasteiger partial charge in [0.15, 0.2) is 5.78 Å². The van der Waals surface area contributed by atoms with Gasteiger partial charge in [-0.15, -0.1) is 11.6 Å². The van der Waals surface area contributed by atoms with Crippen LogP contribution in [0.5, 0.6) is 5.75 Å². The summed E-state index contributed by atoms with van der Waals surface area (Å²) in [5.41, 5.74) is 0.540. The zero-order chi connectivity index (χ0) is 13.0. The van der Waals surface area contributed by atoms with Crippen LogP contribution in [0.3, 0.4) is 0 Å². The molecule has 0 fully saturated rings. The van der Waals surface area contributed by atoms with Crippen LogP contribution in [0.2, 0.25) is 0 Å². The van der Waals surface area contributed by atoms with Crippen molar-refractivity contribution in [3.8, 4) is 5.75 Å². The maximum atomic E-state index is 11.1. The Morgan fingerprint density at radius 2 is 2.06 bits per heavy atom. The van der Waals surface area contributed by atoms with Crippen LogP contribution in [0.1, 0.15) is 35.4 Å².